The molecule has 3 amide bonds. The molecule has 0 bridgehead atoms. The molecule has 2 heterocycles. The van der Waals surface area contributed by atoms with Crippen LogP contribution in [0.5, 0.6) is 0 Å². The Morgan fingerprint density at radius 3 is 2.55 bits per heavy atom. The zero-order chi connectivity index (χ0) is 23.9. The quantitative estimate of drug-likeness (QED) is 0.539. The number of halogens is 5. The summed E-state index contributed by atoms with van der Waals surface area (Å²) in [7, 11) is 0. The lowest BCUT2D eigenvalue weighted by atomic mass is 10.0. The van der Waals surface area contributed by atoms with Gasteiger partial charge in [0.2, 0.25) is 0 Å². The Kier molecular flexibility index (Phi) is 5.75. The van der Waals surface area contributed by atoms with Gasteiger partial charge in [0, 0.05) is 17.1 Å². The van der Waals surface area contributed by atoms with Crippen LogP contribution in [-0.4, -0.2) is 33.2 Å². The van der Waals surface area contributed by atoms with Crippen LogP contribution in [0.1, 0.15) is 21.6 Å². The number of hydrogen-bond donors (Lipinski definition) is 2. The first-order valence-electron chi connectivity index (χ1n) is 9.62. The van der Waals surface area contributed by atoms with Crippen LogP contribution < -0.4 is 11.1 Å². The summed E-state index contributed by atoms with van der Waals surface area (Å²) in [6.45, 7) is 0.128. The summed E-state index contributed by atoms with van der Waals surface area (Å²) in [5, 5.41) is 6.47. The molecule has 0 aliphatic carbocycles. The third-order valence-corrected chi connectivity index (χ3v) is 5.38. The van der Waals surface area contributed by atoms with Crippen molar-refractivity contribution in [2.24, 2.45) is 5.73 Å². The molecule has 33 heavy (non-hydrogen) atoms. The van der Waals surface area contributed by atoms with Gasteiger partial charge in [-0.1, -0.05) is 23.7 Å². The van der Waals surface area contributed by atoms with E-state index in [1.54, 1.807) is 6.07 Å². The molecule has 3 N–H and O–H groups in total. The number of primary amides is 1. The zero-order valence-electron chi connectivity index (χ0n) is 16.8. The Labute approximate surface area is 189 Å². The Morgan fingerprint density at radius 1 is 1.12 bits per heavy atom. The molecule has 7 nitrogen and oxygen atoms in total. The SMILES string of the molecule is NC(=O)c1c(-c2cccc(F)c2)nn2c1CN(C(=O)Nc1ccc(Cl)cc1C(F)(F)F)CC2. The molecule has 0 atom stereocenters. The van der Waals surface area contributed by atoms with Gasteiger partial charge in [0.15, 0.2) is 0 Å². The highest BCUT2D eigenvalue weighted by molar-refractivity contribution is 6.30. The van der Waals surface area contributed by atoms with Gasteiger partial charge in [-0.2, -0.15) is 18.3 Å². The van der Waals surface area contributed by atoms with E-state index in [1.807, 2.05) is 0 Å². The maximum atomic E-state index is 13.7. The first-order chi connectivity index (χ1) is 15.5. The molecule has 2 aromatic carbocycles. The molecular formula is C21H16ClF4N5O2. The van der Waals surface area contributed by atoms with E-state index in [-0.39, 0.29) is 35.9 Å². The van der Waals surface area contributed by atoms with Crippen molar-refractivity contribution in [1.29, 1.82) is 0 Å². The molecule has 0 fully saturated rings. The number of amides is 3. The molecule has 0 unspecified atom stereocenters. The number of benzene rings is 2. The van der Waals surface area contributed by atoms with Crippen LogP contribution >= 0.6 is 11.6 Å². The fourth-order valence-electron chi connectivity index (χ4n) is 3.64. The lowest BCUT2D eigenvalue weighted by molar-refractivity contribution is -0.136. The molecule has 1 aliphatic heterocycles. The third kappa shape index (κ3) is 4.49. The summed E-state index contributed by atoms with van der Waals surface area (Å²) >= 11 is 5.67. The van der Waals surface area contributed by atoms with Crippen molar-refractivity contribution in [3.8, 4) is 11.3 Å². The number of urea groups is 1. The molecule has 0 spiro atoms. The van der Waals surface area contributed by atoms with E-state index < -0.39 is 35.2 Å². The van der Waals surface area contributed by atoms with Crippen molar-refractivity contribution >= 4 is 29.2 Å². The van der Waals surface area contributed by atoms with Crippen molar-refractivity contribution in [2.75, 3.05) is 11.9 Å². The monoisotopic (exact) mass is 481 g/mol. The predicted molar refractivity (Wildman–Crippen MR) is 112 cm³/mol. The number of aromatic nitrogens is 2. The van der Waals surface area contributed by atoms with Gasteiger partial charge in [-0.25, -0.2) is 9.18 Å². The van der Waals surface area contributed by atoms with Crippen molar-refractivity contribution in [2.45, 2.75) is 19.3 Å². The number of rotatable bonds is 3. The van der Waals surface area contributed by atoms with E-state index in [4.69, 9.17) is 17.3 Å². The number of carbonyl (C=O) groups is 2. The average molecular weight is 482 g/mol. The Bertz CT molecular complexity index is 1260. The normalized spacial score (nSPS) is 13.5. The summed E-state index contributed by atoms with van der Waals surface area (Å²) in [5.41, 5.74) is 4.81. The van der Waals surface area contributed by atoms with Crippen molar-refractivity contribution in [3.05, 3.63) is 70.1 Å². The first-order valence-corrected chi connectivity index (χ1v) is 10.0. The molecule has 0 saturated carbocycles. The number of alkyl halides is 3. The molecule has 4 rings (SSSR count). The second-order valence-electron chi connectivity index (χ2n) is 7.31. The molecule has 1 aromatic heterocycles. The Balaban J connectivity index is 1.63. The van der Waals surface area contributed by atoms with Crippen molar-refractivity contribution < 1.29 is 27.2 Å². The van der Waals surface area contributed by atoms with Crippen LogP contribution in [0.2, 0.25) is 5.02 Å². The minimum atomic E-state index is -4.73. The number of hydrogen-bond acceptors (Lipinski definition) is 3. The summed E-state index contributed by atoms with van der Waals surface area (Å²) < 4.78 is 55.2. The minimum Gasteiger partial charge on any atom is -0.365 e. The van der Waals surface area contributed by atoms with E-state index in [0.717, 1.165) is 12.1 Å². The topological polar surface area (TPSA) is 93.2 Å². The van der Waals surface area contributed by atoms with Gasteiger partial charge in [-0.05, 0) is 30.3 Å². The highest BCUT2D eigenvalue weighted by atomic mass is 35.5. The summed E-state index contributed by atoms with van der Waals surface area (Å²) in [6, 6.07) is 7.66. The van der Waals surface area contributed by atoms with E-state index >= 15 is 0 Å². The maximum absolute atomic E-state index is 13.7. The van der Waals surface area contributed by atoms with Gasteiger partial charge in [0.05, 0.1) is 35.6 Å². The molecule has 1 aliphatic rings. The summed E-state index contributed by atoms with van der Waals surface area (Å²) in [5.74, 6) is -1.35. The predicted octanol–water partition coefficient (Wildman–Crippen LogP) is 4.51. The van der Waals surface area contributed by atoms with E-state index in [2.05, 4.69) is 10.4 Å². The Hall–Kier alpha value is -3.60. The fourth-order valence-corrected chi connectivity index (χ4v) is 3.81. The second kappa shape index (κ2) is 8.39. The van der Waals surface area contributed by atoms with Gasteiger partial charge in [0.25, 0.3) is 5.91 Å². The van der Waals surface area contributed by atoms with Crippen LogP contribution in [0, 0.1) is 5.82 Å². The van der Waals surface area contributed by atoms with Crippen LogP contribution in [0.15, 0.2) is 42.5 Å². The van der Waals surface area contributed by atoms with Crippen LogP contribution in [-0.2, 0) is 19.3 Å². The zero-order valence-corrected chi connectivity index (χ0v) is 17.5. The summed E-state index contributed by atoms with van der Waals surface area (Å²) in [6.07, 6.45) is -4.73. The number of nitrogens with zero attached hydrogens (tertiary/aromatic N) is 3. The molecule has 172 valence electrons. The number of nitrogens with one attached hydrogen (secondary N) is 1. The van der Waals surface area contributed by atoms with Crippen molar-refractivity contribution in [3.63, 3.8) is 0 Å². The first kappa shape index (κ1) is 22.6. The number of fused-ring (bicyclic) bond motifs is 1. The van der Waals surface area contributed by atoms with Gasteiger partial charge in [-0.15, -0.1) is 0 Å². The average Bonchev–Trinajstić information content (AvgIpc) is 3.13. The number of carbonyl (C=O) groups excluding carboxylic acids is 2. The number of nitrogens with two attached hydrogens (primary N) is 1. The Morgan fingerprint density at radius 2 is 1.88 bits per heavy atom. The van der Waals surface area contributed by atoms with Crippen molar-refractivity contribution in [1.82, 2.24) is 14.7 Å². The maximum Gasteiger partial charge on any atom is 0.418 e. The summed E-state index contributed by atoms with van der Waals surface area (Å²) in [4.78, 5) is 26.2. The lowest BCUT2D eigenvalue weighted by Crippen LogP contribution is -2.41. The van der Waals surface area contributed by atoms with Gasteiger partial charge in [0.1, 0.15) is 11.5 Å². The smallest absolute Gasteiger partial charge is 0.365 e. The highest BCUT2D eigenvalue weighted by Crippen LogP contribution is 2.37. The number of anilines is 1. The molecular weight excluding hydrogens is 466 g/mol. The molecule has 0 radical (unpaired) electrons. The molecule has 12 heteroatoms. The van der Waals surface area contributed by atoms with Crippen LogP contribution in [0.25, 0.3) is 11.3 Å². The highest BCUT2D eigenvalue weighted by Gasteiger charge is 2.35. The van der Waals surface area contributed by atoms with Gasteiger partial charge in [-0.3, -0.25) is 9.48 Å². The van der Waals surface area contributed by atoms with Crippen LogP contribution in [0.4, 0.5) is 28.0 Å². The van der Waals surface area contributed by atoms with E-state index in [9.17, 15) is 27.2 Å². The lowest BCUT2D eigenvalue weighted by Gasteiger charge is -2.28. The third-order valence-electron chi connectivity index (χ3n) is 5.14. The second-order valence-corrected chi connectivity index (χ2v) is 7.74. The van der Waals surface area contributed by atoms with E-state index in [1.165, 1.54) is 33.8 Å². The van der Waals surface area contributed by atoms with Crippen LogP contribution in [0.3, 0.4) is 0 Å². The van der Waals surface area contributed by atoms with Gasteiger partial charge >= 0.3 is 12.2 Å². The fraction of sp³-hybridized carbons (Fsp3) is 0.190. The van der Waals surface area contributed by atoms with Gasteiger partial charge < -0.3 is 16.0 Å². The van der Waals surface area contributed by atoms with E-state index in [0.29, 0.717) is 11.3 Å². The largest absolute Gasteiger partial charge is 0.418 e. The molecule has 3 aromatic rings. The standard InChI is InChI=1S/C21H16ClF4N5O2/c22-12-4-5-15(14(9-12)21(24,25)26)28-20(33)30-6-7-31-16(10-30)17(19(27)32)18(29-31)11-2-1-3-13(23)8-11/h1-5,8-9H,6-7,10H2,(H2,27,32)(H,28,33). The molecule has 0 saturated heterocycles. The minimum absolute atomic E-state index is 0.0144.